The highest BCUT2D eigenvalue weighted by molar-refractivity contribution is 6.14. The second-order valence-corrected chi connectivity index (χ2v) is 23.0. The lowest BCUT2D eigenvalue weighted by molar-refractivity contribution is -0.143. The van der Waals surface area contributed by atoms with Gasteiger partial charge in [0.25, 0.3) is 0 Å². The molecule has 0 aliphatic carbocycles. The van der Waals surface area contributed by atoms with Gasteiger partial charge in [0.1, 0.15) is 5.82 Å². The van der Waals surface area contributed by atoms with Crippen LogP contribution in [-0.4, -0.2) is 14.1 Å². The van der Waals surface area contributed by atoms with Crippen LogP contribution in [0.5, 0.6) is 0 Å². The standard InChI is InChI=1S/C73H61F6N3/c1-38-21-42(5)68(43(6)22-38)50-13-17-62-58(31-50)59-32-51(69-44(7)23-39(2)24-45(69)8)14-18-63(59)81(62)66-37-80-67(36-57(66)54-29-55(72(74,75)76)35-56(30-54)73(77,78)79)82-64-19-15-52(70-46(9)25-40(3)26-47(70)10)33-60(64)61-34-53(16-20-65(61)82)71-48(11)27-41(4)28-49(71)12/h13-37H,1-12H3. The molecule has 12 rings (SSSR count). The first-order chi connectivity index (χ1) is 38.8. The summed E-state index contributed by atoms with van der Waals surface area (Å²) in [4.78, 5) is 5.25. The summed E-state index contributed by atoms with van der Waals surface area (Å²) in [6, 6.07) is 45.9. The van der Waals surface area contributed by atoms with Crippen molar-refractivity contribution >= 4 is 43.6 Å². The van der Waals surface area contributed by atoms with Crippen molar-refractivity contribution in [1.29, 1.82) is 0 Å². The van der Waals surface area contributed by atoms with Crippen LogP contribution in [0, 0.1) is 83.1 Å². The second kappa shape index (κ2) is 19.5. The third kappa shape index (κ3) is 9.15. The summed E-state index contributed by atoms with van der Waals surface area (Å²) < 4.78 is 94.3. The molecule has 9 heteroatoms. The molecule has 0 atom stereocenters. The third-order valence-corrected chi connectivity index (χ3v) is 16.6. The van der Waals surface area contributed by atoms with Crippen molar-refractivity contribution in [3.63, 3.8) is 0 Å². The van der Waals surface area contributed by atoms with Crippen molar-refractivity contribution in [3.05, 3.63) is 230 Å². The number of rotatable bonds is 7. The van der Waals surface area contributed by atoms with Gasteiger partial charge >= 0.3 is 12.4 Å². The molecule has 0 aliphatic rings. The summed E-state index contributed by atoms with van der Waals surface area (Å²) in [7, 11) is 0. The monoisotopic (exact) mass is 1090 g/mol. The van der Waals surface area contributed by atoms with E-state index in [2.05, 4.69) is 168 Å². The maximum absolute atomic E-state index is 15.1. The summed E-state index contributed by atoms with van der Waals surface area (Å²) in [6.07, 6.45) is -8.59. The first kappa shape index (κ1) is 53.9. The Morgan fingerprint density at radius 1 is 0.305 bits per heavy atom. The van der Waals surface area contributed by atoms with Gasteiger partial charge in [-0.2, -0.15) is 26.3 Å². The molecule has 0 amide bonds. The van der Waals surface area contributed by atoms with Gasteiger partial charge in [-0.25, -0.2) is 4.98 Å². The molecule has 12 aromatic rings. The van der Waals surface area contributed by atoms with Crippen molar-refractivity contribution in [2.75, 3.05) is 0 Å². The first-order valence-corrected chi connectivity index (χ1v) is 27.6. The van der Waals surface area contributed by atoms with E-state index in [4.69, 9.17) is 4.98 Å². The van der Waals surface area contributed by atoms with Gasteiger partial charge < -0.3 is 4.57 Å². The van der Waals surface area contributed by atoms with Crippen LogP contribution in [0.15, 0.2) is 152 Å². The smallest absolute Gasteiger partial charge is 0.307 e. The number of alkyl halides is 6. The van der Waals surface area contributed by atoms with Crippen molar-refractivity contribution in [2.24, 2.45) is 0 Å². The molecule has 0 radical (unpaired) electrons. The van der Waals surface area contributed by atoms with Crippen molar-refractivity contribution < 1.29 is 26.3 Å². The zero-order valence-corrected chi connectivity index (χ0v) is 48.0. The van der Waals surface area contributed by atoms with Gasteiger partial charge in [-0.3, -0.25) is 4.57 Å². The van der Waals surface area contributed by atoms with Gasteiger partial charge in [0.2, 0.25) is 0 Å². The largest absolute Gasteiger partial charge is 0.416 e. The third-order valence-electron chi connectivity index (χ3n) is 16.6. The van der Waals surface area contributed by atoms with Crippen LogP contribution in [0.4, 0.5) is 26.3 Å². The molecule has 3 heterocycles. The maximum Gasteiger partial charge on any atom is 0.416 e. The van der Waals surface area contributed by atoms with E-state index in [1.807, 2.05) is 45.5 Å². The summed E-state index contributed by atoms with van der Waals surface area (Å²) >= 11 is 0. The molecule has 0 fully saturated rings. The van der Waals surface area contributed by atoms with Crippen LogP contribution in [0.25, 0.3) is 111 Å². The van der Waals surface area contributed by atoms with Gasteiger partial charge in [0.05, 0.1) is 45.1 Å². The van der Waals surface area contributed by atoms with Crippen molar-refractivity contribution in [3.8, 4) is 67.1 Å². The summed E-state index contributed by atoms with van der Waals surface area (Å²) in [6.45, 7) is 25.2. The molecule has 0 saturated carbocycles. The summed E-state index contributed by atoms with van der Waals surface area (Å²) in [5, 5.41) is 3.54. The van der Waals surface area contributed by atoms with E-state index >= 15 is 26.3 Å². The van der Waals surface area contributed by atoms with E-state index in [0.717, 1.165) is 156 Å². The van der Waals surface area contributed by atoms with Crippen LogP contribution in [0.2, 0.25) is 0 Å². The average Bonchev–Trinajstić information content (AvgIpc) is 4.13. The van der Waals surface area contributed by atoms with Crippen molar-refractivity contribution in [1.82, 2.24) is 14.1 Å². The molecule has 0 bridgehead atoms. The lowest BCUT2D eigenvalue weighted by Crippen LogP contribution is -2.11. The highest BCUT2D eigenvalue weighted by Gasteiger charge is 2.38. The molecule has 82 heavy (non-hydrogen) atoms. The van der Waals surface area contributed by atoms with Crippen LogP contribution in [-0.2, 0) is 12.4 Å². The summed E-state index contributed by atoms with van der Waals surface area (Å²) in [5.74, 6) is 0.316. The predicted molar refractivity (Wildman–Crippen MR) is 327 cm³/mol. The van der Waals surface area contributed by atoms with Crippen LogP contribution >= 0.6 is 0 Å². The zero-order valence-electron chi connectivity index (χ0n) is 48.0. The Morgan fingerprint density at radius 2 is 0.585 bits per heavy atom. The molecule has 3 nitrogen and oxygen atoms in total. The van der Waals surface area contributed by atoms with E-state index in [1.54, 1.807) is 12.3 Å². The number of hydrogen-bond donors (Lipinski definition) is 0. The average molecular weight is 1090 g/mol. The molecule has 0 N–H and O–H groups in total. The van der Waals surface area contributed by atoms with Crippen LogP contribution in [0.3, 0.4) is 0 Å². The highest BCUT2D eigenvalue weighted by atomic mass is 19.4. The molecule has 3 aromatic heterocycles. The minimum Gasteiger partial charge on any atom is -0.307 e. The van der Waals surface area contributed by atoms with E-state index in [1.165, 1.54) is 0 Å². The number of halogens is 6. The molecule has 0 saturated heterocycles. The van der Waals surface area contributed by atoms with Gasteiger partial charge in [-0.1, -0.05) is 95.1 Å². The van der Waals surface area contributed by atoms with Gasteiger partial charge in [0, 0.05) is 27.1 Å². The number of hydrogen-bond acceptors (Lipinski definition) is 1. The highest BCUT2D eigenvalue weighted by Crippen LogP contribution is 2.46. The molecular formula is C73H61F6N3. The Kier molecular flexibility index (Phi) is 12.8. The van der Waals surface area contributed by atoms with Crippen LogP contribution in [0.1, 0.15) is 77.9 Å². The van der Waals surface area contributed by atoms with Crippen LogP contribution < -0.4 is 0 Å². The number of fused-ring (bicyclic) bond motifs is 6. The normalized spacial score (nSPS) is 12.3. The zero-order chi connectivity index (χ0) is 58.2. The summed E-state index contributed by atoms with van der Waals surface area (Å²) in [5.41, 5.74) is 22.3. The van der Waals surface area contributed by atoms with E-state index in [9.17, 15) is 0 Å². The Hall–Kier alpha value is -8.69. The topological polar surface area (TPSA) is 22.8 Å². The first-order valence-electron chi connectivity index (χ1n) is 27.6. The minimum atomic E-state index is -5.10. The molecular weight excluding hydrogens is 1030 g/mol. The predicted octanol–water partition coefficient (Wildman–Crippen LogP) is 21.3. The Morgan fingerprint density at radius 3 is 0.866 bits per heavy atom. The van der Waals surface area contributed by atoms with E-state index < -0.39 is 23.5 Å². The fourth-order valence-corrected chi connectivity index (χ4v) is 13.8. The van der Waals surface area contributed by atoms with E-state index in [-0.39, 0.29) is 17.2 Å². The lowest BCUT2D eigenvalue weighted by Gasteiger charge is -2.19. The number of pyridine rings is 1. The molecule has 9 aromatic carbocycles. The molecule has 0 unspecified atom stereocenters. The quantitative estimate of drug-likeness (QED) is 0.146. The number of nitrogens with zero attached hydrogens (tertiary/aromatic N) is 3. The van der Waals surface area contributed by atoms with E-state index in [0.29, 0.717) is 22.5 Å². The van der Waals surface area contributed by atoms with Gasteiger partial charge in [-0.05, 0) is 250 Å². The number of benzene rings is 9. The molecule has 0 aliphatic heterocycles. The molecule has 0 spiro atoms. The number of aromatic nitrogens is 3. The SMILES string of the molecule is Cc1cc(C)c(-c2ccc3c(c2)c2cc(-c4c(C)cc(C)cc4C)ccc2n3-c2cc(-c3cc(C(F)(F)F)cc(C(F)(F)F)c3)c(-n3c4ccc(-c5c(C)cc(C)cc5C)cc4c4cc(-c5c(C)cc(C)cc5C)ccc43)cn2)c(C)c1. The molecule has 410 valence electrons. The second-order valence-electron chi connectivity index (χ2n) is 23.0. The Labute approximate surface area is 474 Å². The number of aryl methyl sites for hydroxylation is 12. The Bertz CT molecular complexity index is 4320. The fourth-order valence-electron chi connectivity index (χ4n) is 13.8. The lowest BCUT2D eigenvalue weighted by atomic mass is 9.91. The minimum absolute atomic E-state index is 0.129. The van der Waals surface area contributed by atoms with Gasteiger partial charge in [-0.15, -0.1) is 0 Å². The Balaban J connectivity index is 1.18. The van der Waals surface area contributed by atoms with Crippen molar-refractivity contribution in [2.45, 2.75) is 95.4 Å². The maximum atomic E-state index is 15.1. The fraction of sp³-hybridized carbons (Fsp3) is 0.192. The van der Waals surface area contributed by atoms with Gasteiger partial charge in [0.15, 0.2) is 0 Å².